The fourth-order valence-electron chi connectivity index (χ4n) is 1.84. The van der Waals surface area contributed by atoms with E-state index in [-0.39, 0.29) is 10.7 Å². The van der Waals surface area contributed by atoms with Crippen molar-refractivity contribution in [1.82, 2.24) is 10.3 Å². The lowest BCUT2D eigenvalue weighted by molar-refractivity contribution is -0.384. The van der Waals surface area contributed by atoms with Gasteiger partial charge in [0.1, 0.15) is 5.02 Å². The highest BCUT2D eigenvalue weighted by molar-refractivity contribution is 6.32. The standard InChI is InChI=1S/C14H14ClN3O2/c1-10-3-2-4-12(17-10)9-16-8-11-5-6-13(15)14(7-11)18(19)20/h2-7,16H,8-9H2,1H3. The zero-order chi connectivity index (χ0) is 14.5. The van der Waals surface area contributed by atoms with Crippen LogP contribution in [0, 0.1) is 17.0 Å². The van der Waals surface area contributed by atoms with Gasteiger partial charge in [-0.25, -0.2) is 0 Å². The Morgan fingerprint density at radius 3 is 2.80 bits per heavy atom. The Labute approximate surface area is 121 Å². The first-order valence-corrected chi connectivity index (χ1v) is 6.50. The molecule has 0 radical (unpaired) electrons. The lowest BCUT2D eigenvalue weighted by Crippen LogP contribution is -2.14. The number of aryl methyl sites for hydroxylation is 1. The molecule has 6 heteroatoms. The molecule has 0 bridgehead atoms. The normalized spacial score (nSPS) is 10.5. The fraction of sp³-hybridized carbons (Fsp3) is 0.214. The lowest BCUT2D eigenvalue weighted by atomic mass is 10.2. The average molecular weight is 292 g/mol. The molecule has 0 aliphatic rings. The molecule has 0 saturated heterocycles. The third-order valence-electron chi connectivity index (χ3n) is 2.79. The predicted molar refractivity (Wildman–Crippen MR) is 77.6 cm³/mol. The summed E-state index contributed by atoms with van der Waals surface area (Å²) in [5, 5.41) is 14.2. The molecule has 0 spiro atoms. The van der Waals surface area contributed by atoms with Gasteiger partial charge in [0.2, 0.25) is 0 Å². The van der Waals surface area contributed by atoms with Crippen LogP contribution in [0.25, 0.3) is 0 Å². The zero-order valence-electron chi connectivity index (χ0n) is 11.0. The van der Waals surface area contributed by atoms with E-state index in [9.17, 15) is 10.1 Å². The predicted octanol–water partition coefficient (Wildman–Crippen LogP) is 3.24. The number of hydrogen-bond acceptors (Lipinski definition) is 4. The van der Waals surface area contributed by atoms with Crippen molar-refractivity contribution in [3.05, 3.63) is 68.5 Å². The van der Waals surface area contributed by atoms with Crippen LogP contribution < -0.4 is 5.32 Å². The highest BCUT2D eigenvalue weighted by Crippen LogP contribution is 2.24. The first-order chi connectivity index (χ1) is 9.56. The molecule has 5 nitrogen and oxygen atoms in total. The highest BCUT2D eigenvalue weighted by Gasteiger charge is 2.12. The molecule has 0 aliphatic heterocycles. The molecule has 1 aromatic carbocycles. The number of nitrogens with one attached hydrogen (secondary N) is 1. The number of nitrogens with zero attached hydrogens (tertiary/aromatic N) is 2. The van der Waals surface area contributed by atoms with Crippen LogP contribution >= 0.6 is 11.6 Å². The molecular formula is C14H14ClN3O2. The van der Waals surface area contributed by atoms with E-state index in [2.05, 4.69) is 10.3 Å². The maximum Gasteiger partial charge on any atom is 0.288 e. The second-order valence-electron chi connectivity index (χ2n) is 4.42. The number of rotatable bonds is 5. The van der Waals surface area contributed by atoms with Crippen molar-refractivity contribution in [2.75, 3.05) is 0 Å². The summed E-state index contributed by atoms with van der Waals surface area (Å²) in [6.45, 7) is 3.07. The van der Waals surface area contributed by atoms with E-state index in [1.165, 1.54) is 6.07 Å². The Hall–Kier alpha value is -1.98. The first-order valence-electron chi connectivity index (χ1n) is 6.12. The molecule has 0 amide bonds. The second kappa shape index (κ2) is 6.45. The van der Waals surface area contributed by atoms with Crippen LogP contribution in [-0.4, -0.2) is 9.91 Å². The van der Waals surface area contributed by atoms with Crippen LogP contribution in [0.4, 0.5) is 5.69 Å². The topological polar surface area (TPSA) is 68.1 Å². The van der Waals surface area contributed by atoms with E-state index in [1.54, 1.807) is 12.1 Å². The molecule has 20 heavy (non-hydrogen) atoms. The first kappa shape index (κ1) is 14.4. The number of nitro groups is 1. The average Bonchev–Trinajstić information content (AvgIpc) is 2.40. The lowest BCUT2D eigenvalue weighted by Gasteiger charge is -2.06. The van der Waals surface area contributed by atoms with Crippen molar-refractivity contribution in [1.29, 1.82) is 0 Å². The minimum absolute atomic E-state index is 0.0698. The van der Waals surface area contributed by atoms with Crippen LogP contribution in [0.5, 0.6) is 0 Å². The van der Waals surface area contributed by atoms with E-state index in [1.807, 2.05) is 25.1 Å². The van der Waals surface area contributed by atoms with Crippen molar-refractivity contribution < 1.29 is 4.92 Å². The molecule has 0 unspecified atom stereocenters. The molecule has 1 aromatic heterocycles. The maximum absolute atomic E-state index is 10.8. The Kier molecular flexibility index (Phi) is 4.65. The fourth-order valence-corrected chi connectivity index (χ4v) is 2.03. The largest absolute Gasteiger partial charge is 0.307 e. The number of nitro benzene ring substituents is 1. The number of aromatic nitrogens is 1. The smallest absolute Gasteiger partial charge is 0.288 e. The summed E-state index contributed by atoms with van der Waals surface area (Å²) in [4.78, 5) is 14.7. The molecule has 2 aromatic rings. The third-order valence-corrected chi connectivity index (χ3v) is 3.11. The van der Waals surface area contributed by atoms with Crippen LogP contribution in [0.3, 0.4) is 0 Å². The molecule has 1 heterocycles. The van der Waals surface area contributed by atoms with Crippen molar-refractivity contribution in [2.24, 2.45) is 0 Å². The molecule has 0 fully saturated rings. The van der Waals surface area contributed by atoms with E-state index in [0.29, 0.717) is 13.1 Å². The summed E-state index contributed by atoms with van der Waals surface area (Å²) < 4.78 is 0. The molecule has 2 rings (SSSR count). The van der Waals surface area contributed by atoms with Crippen molar-refractivity contribution in [3.63, 3.8) is 0 Å². The second-order valence-corrected chi connectivity index (χ2v) is 4.82. The maximum atomic E-state index is 10.8. The van der Waals surface area contributed by atoms with Gasteiger partial charge in [-0.1, -0.05) is 23.7 Å². The SMILES string of the molecule is Cc1cccc(CNCc2ccc(Cl)c([N+](=O)[O-])c2)n1. The zero-order valence-corrected chi connectivity index (χ0v) is 11.7. The molecule has 1 N–H and O–H groups in total. The molecule has 0 aliphatic carbocycles. The van der Waals surface area contributed by atoms with Gasteiger partial charge in [0, 0.05) is 24.8 Å². The van der Waals surface area contributed by atoms with Crippen LogP contribution in [0.2, 0.25) is 5.02 Å². The van der Waals surface area contributed by atoms with Crippen LogP contribution in [0.1, 0.15) is 17.0 Å². The summed E-state index contributed by atoms with van der Waals surface area (Å²) in [6, 6.07) is 10.6. The van der Waals surface area contributed by atoms with Crippen LogP contribution in [-0.2, 0) is 13.1 Å². The molecule has 104 valence electrons. The minimum atomic E-state index is -0.478. The highest BCUT2D eigenvalue weighted by atomic mass is 35.5. The van der Waals surface area contributed by atoms with Gasteiger partial charge in [-0.3, -0.25) is 15.1 Å². The summed E-state index contributed by atoms with van der Waals surface area (Å²) in [5.41, 5.74) is 2.65. The Bertz CT molecular complexity index is 632. The van der Waals surface area contributed by atoms with E-state index in [4.69, 9.17) is 11.6 Å². The van der Waals surface area contributed by atoms with Crippen molar-refractivity contribution in [2.45, 2.75) is 20.0 Å². The Morgan fingerprint density at radius 1 is 1.30 bits per heavy atom. The summed E-state index contributed by atoms with van der Waals surface area (Å²) in [5.74, 6) is 0. The number of halogens is 1. The van der Waals surface area contributed by atoms with Crippen molar-refractivity contribution >= 4 is 17.3 Å². The monoisotopic (exact) mass is 291 g/mol. The van der Waals surface area contributed by atoms with Gasteiger partial charge in [0.25, 0.3) is 5.69 Å². The van der Waals surface area contributed by atoms with Gasteiger partial charge in [0.05, 0.1) is 10.6 Å². The van der Waals surface area contributed by atoms with Crippen molar-refractivity contribution in [3.8, 4) is 0 Å². The van der Waals surface area contributed by atoms with Gasteiger partial charge >= 0.3 is 0 Å². The summed E-state index contributed by atoms with van der Waals surface area (Å²) in [6.07, 6.45) is 0. The molecular weight excluding hydrogens is 278 g/mol. The quantitative estimate of drug-likeness (QED) is 0.678. The molecule has 0 atom stereocenters. The van der Waals surface area contributed by atoms with Gasteiger partial charge in [0.15, 0.2) is 0 Å². The Morgan fingerprint density at radius 2 is 2.10 bits per heavy atom. The molecule has 0 saturated carbocycles. The Balaban J connectivity index is 1.97. The van der Waals surface area contributed by atoms with Gasteiger partial charge < -0.3 is 5.32 Å². The van der Waals surface area contributed by atoms with E-state index >= 15 is 0 Å². The minimum Gasteiger partial charge on any atom is -0.307 e. The summed E-state index contributed by atoms with van der Waals surface area (Å²) >= 11 is 5.77. The number of benzene rings is 1. The van der Waals surface area contributed by atoms with E-state index in [0.717, 1.165) is 17.0 Å². The third kappa shape index (κ3) is 3.76. The van der Waals surface area contributed by atoms with Crippen LogP contribution in [0.15, 0.2) is 36.4 Å². The summed E-state index contributed by atoms with van der Waals surface area (Å²) in [7, 11) is 0. The number of pyridine rings is 1. The van der Waals surface area contributed by atoms with E-state index < -0.39 is 4.92 Å². The van der Waals surface area contributed by atoms with Gasteiger partial charge in [-0.15, -0.1) is 0 Å². The van der Waals surface area contributed by atoms with Gasteiger partial charge in [-0.2, -0.15) is 0 Å². The van der Waals surface area contributed by atoms with Gasteiger partial charge in [-0.05, 0) is 30.7 Å². The number of hydrogen-bond donors (Lipinski definition) is 1.